The number of benzene rings is 3. The molecule has 1 N–H and O–H groups in total. The largest absolute Gasteiger partial charge is 0.416 e. The van der Waals surface area contributed by atoms with Crippen molar-refractivity contribution in [3.8, 4) is 5.75 Å². The smallest absolute Gasteiger partial charge is 0.345 e. The van der Waals surface area contributed by atoms with Gasteiger partial charge in [0, 0.05) is 7.14 Å². The number of carbonyl (C=O) groups is 1. The number of fused-ring (bicyclic) bond motifs is 1. The number of esters is 1. The third-order valence-electron chi connectivity index (χ3n) is 3.78. The van der Waals surface area contributed by atoms with Crippen LogP contribution in [0.4, 0.5) is 17.6 Å². The van der Waals surface area contributed by atoms with Crippen molar-refractivity contribution in [1.29, 1.82) is 0 Å². The van der Waals surface area contributed by atoms with Crippen LogP contribution in [0.3, 0.4) is 0 Å². The van der Waals surface area contributed by atoms with Crippen molar-refractivity contribution in [2.75, 3.05) is 0 Å². The molecule has 0 heterocycles. The molecular weight excluding hydrogens is 646 g/mol. The summed E-state index contributed by atoms with van der Waals surface area (Å²) in [6, 6.07) is 8.52. The Hall–Kier alpha value is -1.52. The van der Waals surface area contributed by atoms with E-state index < -0.39 is 50.0 Å². The normalized spacial score (nSPS) is 11.7. The Labute approximate surface area is 188 Å². The Morgan fingerprint density at radius 2 is 1.52 bits per heavy atom. The standard InChI is InChI=1S/C17H6F4I2O5S/c18-10-12(20)16(29(25,26)27)13(21)11(19)15(10)28-17(24)9-8(22)5-6-3-1-2-4-7(6)14(9)23/h1-5H,(H,25,26,27). The second-order valence-electron chi connectivity index (χ2n) is 5.55. The van der Waals surface area contributed by atoms with Gasteiger partial charge < -0.3 is 4.74 Å². The summed E-state index contributed by atoms with van der Waals surface area (Å²) in [6.07, 6.45) is 0. The highest BCUT2D eigenvalue weighted by atomic mass is 127. The van der Waals surface area contributed by atoms with Crippen molar-refractivity contribution >= 4 is 72.0 Å². The van der Waals surface area contributed by atoms with Gasteiger partial charge in [-0.25, -0.2) is 13.6 Å². The van der Waals surface area contributed by atoms with E-state index in [1.807, 2.05) is 22.6 Å². The van der Waals surface area contributed by atoms with Gasteiger partial charge in [0.05, 0.1) is 5.56 Å². The highest BCUT2D eigenvalue weighted by molar-refractivity contribution is 14.1. The van der Waals surface area contributed by atoms with E-state index in [4.69, 9.17) is 4.55 Å². The minimum Gasteiger partial charge on any atom is -0.416 e. The van der Waals surface area contributed by atoms with Crippen LogP contribution in [0.15, 0.2) is 35.2 Å². The first kappa shape index (κ1) is 22.2. The molecule has 0 spiro atoms. The van der Waals surface area contributed by atoms with Crippen LogP contribution in [0, 0.1) is 30.4 Å². The van der Waals surface area contributed by atoms with Crippen LogP contribution in [0.25, 0.3) is 10.8 Å². The first-order valence-electron chi connectivity index (χ1n) is 7.37. The first-order valence-corrected chi connectivity index (χ1v) is 11.0. The lowest BCUT2D eigenvalue weighted by atomic mass is 10.1. The zero-order valence-electron chi connectivity index (χ0n) is 13.6. The highest BCUT2D eigenvalue weighted by Crippen LogP contribution is 2.34. The summed E-state index contributed by atoms with van der Waals surface area (Å²) in [7, 11) is -5.62. The van der Waals surface area contributed by atoms with Gasteiger partial charge in [0.1, 0.15) is 0 Å². The van der Waals surface area contributed by atoms with E-state index in [2.05, 4.69) is 4.74 Å². The highest BCUT2D eigenvalue weighted by Gasteiger charge is 2.34. The lowest BCUT2D eigenvalue weighted by Gasteiger charge is -2.13. The first-order chi connectivity index (χ1) is 13.4. The van der Waals surface area contributed by atoms with Gasteiger partial charge in [0.15, 0.2) is 16.5 Å². The molecule has 0 atom stereocenters. The van der Waals surface area contributed by atoms with Crippen LogP contribution in [-0.4, -0.2) is 18.9 Å². The molecule has 0 radical (unpaired) electrons. The Kier molecular flexibility index (Phi) is 6.08. The van der Waals surface area contributed by atoms with Crippen LogP contribution in [0.1, 0.15) is 10.4 Å². The predicted octanol–water partition coefficient (Wildman–Crippen LogP) is 5.07. The summed E-state index contributed by atoms with van der Waals surface area (Å²) < 4.78 is 92.0. The van der Waals surface area contributed by atoms with E-state index in [9.17, 15) is 30.8 Å². The minimum absolute atomic E-state index is 0.108. The molecular formula is C17H6F4I2O5S. The van der Waals surface area contributed by atoms with Crippen molar-refractivity contribution in [3.63, 3.8) is 0 Å². The molecule has 0 aliphatic heterocycles. The summed E-state index contributed by atoms with van der Waals surface area (Å²) in [4.78, 5) is 10.3. The number of carbonyl (C=O) groups excluding carboxylic acids is 1. The third-order valence-corrected chi connectivity index (χ3v) is 6.62. The van der Waals surface area contributed by atoms with E-state index in [0.717, 1.165) is 5.39 Å². The van der Waals surface area contributed by atoms with E-state index >= 15 is 0 Å². The minimum atomic E-state index is -5.62. The lowest BCUT2D eigenvalue weighted by molar-refractivity contribution is 0.0714. The lowest BCUT2D eigenvalue weighted by Crippen LogP contribution is -2.17. The van der Waals surface area contributed by atoms with Gasteiger partial charge in [-0.3, -0.25) is 4.55 Å². The monoisotopic (exact) mass is 652 g/mol. The van der Waals surface area contributed by atoms with Crippen molar-refractivity contribution in [3.05, 3.63) is 66.3 Å². The maximum atomic E-state index is 14.1. The quantitative estimate of drug-likeness (QED) is 0.107. The third kappa shape index (κ3) is 3.94. The van der Waals surface area contributed by atoms with Crippen molar-refractivity contribution in [2.45, 2.75) is 4.90 Å². The second-order valence-corrected chi connectivity index (χ2v) is 9.15. The van der Waals surface area contributed by atoms with E-state index in [0.29, 0.717) is 12.5 Å². The molecule has 0 unspecified atom stereocenters. The summed E-state index contributed by atoms with van der Waals surface area (Å²) in [5, 5.41) is 1.39. The molecule has 0 saturated carbocycles. The van der Waals surface area contributed by atoms with E-state index in [-0.39, 0.29) is 5.56 Å². The number of halogens is 6. The molecule has 5 nitrogen and oxygen atoms in total. The zero-order valence-corrected chi connectivity index (χ0v) is 18.8. The van der Waals surface area contributed by atoms with Crippen LogP contribution in [-0.2, 0) is 10.1 Å². The number of hydrogen-bond donors (Lipinski definition) is 1. The summed E-state index contributed by atoms with van der Waals surface area (Å²) in [6.45, 7) is 0. The average Bonchev–Trinajstić information content (AvgIpc) is 2.62. The van der Waals surface area contributed by atoms with Crippen LogP contribution < -0.4 is 4.74 Å². The molecule has 0 amide bonds. The predicted molar refractivity (Wildman–Crippen MR) is 110 cm³/mol. The molecule has 29 heavy (non-hydrogen) atoms. The molecule has 0 saturated heterocycles. The molecule has 152 valence electrons. The van der Waals surface area contributed by atoms with Gasteiger partial charge in [0.2, 0.25) is 17.4 Å². The SMILES string of the molecule is O=C(Oc1c(F)c(F)c(S(=O)(=O)O)c(F)c1F)c1c(I)cc2ccccc2c1I. The van der Waals surface area contributed by atoms with Crippen molar-refractivity contribution in [2.24, 2.45) is 0 Å². The van der Waals surface area contributed by atoms with Crippen LogP contribution in [0.5, 0.6) is 5.75 Å². The van der Waals surface area contributed by atoms with Crippen LogP contribution in [0.2, 0.25) is 0 Å². The summed E-state index contributed by atoms with van der Waals surface area (Å²) in [5.41, 5.74) is -0.108. The molecule has 0 aliphatic rings. The Bertz CT molecular complexity index is 1270. The molecule has 0 aliphatic carbocycles. The topological polar surface area (TPSA) is 80.7 Å². The number of rotatable bonds is 3. The molecule has 3 rings (SSSR count). The maximum Gasteiger partial charge on any atom is 0.345 e. The van der Waals surface area contributed by atoms with Crippen molar-refractivity contribution < 1.29 is 40.1 Å². The average molecular weight is 652 g/mol. The Balaban J connectivity index is 2.15. The maximum absolute atomic E-state index is 14.1. The van der Waals surface area contributed by atoms with Gasteiger partial charge in [-0.05, 0) is 62.0 Å². The Morgan fingerprint density at radius 1 is 0.966 bits per heavy atom. The summed E-state index contributed by atoms with van der Waals surface area (Å²) in [5.74, 6) is -12.5. The van der Waals surface area contributed by atoms with Gasteiger partial charge in [-0.2, -0.15) is 17.2 Å². The fourth-order valence-electron chi connectivity index (χ4n) is 2.51. The summed E-state index contributed by atoms with van der Waals surface area (Å²) >= 11 is 3.60. The molecule has 3 aromatic carbocycles. The fourth-order valence-corrected chi connectivity index (χ4v) is 5.48. The fraction of sp³-hybridized carbons (Fsp3) is 0. The van der Waals surface area contributed by atoms with Gasteiger partial charge in [0.25, 0.3) is 0 Å². The molecule has 0 aromatic heterocycles. The van der Waals surface area contributed by atoms with E-state index in [1.165, 1.54) is 0 Å². The molecule has 3 aromatic rings. The van der Waals surface area contributed by atoms with E-state index in [1.54, 1.807) is 52.9 Å². The molecule has 12 heteroatoms. The number of hydrogen-bond acceptors (Lipinski definition) is 4. The van der Waals surface area contributed by atoms with Gasteiger partial charge >= 0.3 is 16.1 Å². The molecule has 0 fully saturated rings. The molecule has 0 bridgehead atoms. The Morgan fingerprint density at radius 3 is 2.07 bits per heavy atom. The number of ether oxygens (including phenoxy) is 1. The van der Waals surface area contributed by atoms with Gasteiger partial charge in [-0.1, -0.05) is 24.3 Å². The van der Waals surface area contributed by atoms with Crippen LogP contribution >= 0.6 is 45.2 Å². The zero-order chi connectivity index (χ0) is 21.7. The van der Waals surface area contributed by atoms with Gasteiger partial charge in [-0.15, -0.1) is 0 Å². The van der Waals surface area contributed by atoms with Crippen molar-refractivity contribution in [1.82, 2.24) is 0 Å². The second kappa shape index (κ2) is 7.96.